The van der Waals surface area contributed by atoms with Crippen LogP contribution >= 0.6 is 0 Å². The van der Waals surface area contributed by atoms with E-state index in [0.29, 0.717) is 12.1 Å². The molecule has 2 rings (SSSR count). The fraction of sp³-hybridized carbons (Fsp3) is 0.609. The summed E-state index contributed by atoms with van der Waals surface area (Å²) in [5, 5.41) is 9.24. The summed E-state index contributed by atoms with van der Waals surface area (Å²) < 4.78 is 5.29. The van der Waals surface area contributed by atoms with Gasteiger partial charge >= 0.3 is 0 Å². The van der Waals surface area contributed by atoms with Crippen molar-refractivity contribution in [1.82, 2.24) is 4.90 Å². The number of rotatable bonds is 4. The van der Waals surface area contributed by atoms with Crippen LogP contribution in [0.4, 0.5) is 0 Å². The van der Waals surface area contributed by atoms with Gasteiger partial charge in [0.1, 0.15) is 6.29 Å². The first kappa shape index (κ1) is 23.4. The van der Waals surface area contributed by atoms with E-state index < -0.39 is 5.41 Å². The molecule has 4 nitrogen and oxygen atoms in total. The molecule has 3 unspecified atom stereocenters. The smallest absolute Gasteiger partial charge is 0.132 e. The molecule has 1 heterocycles. The van der Waals surface area contributed by atoms with E-state index in [4.69, 9.17) is 4.74 Å². The molecule has 4 heteroatoms. The molecule has 0 aromatic heterocycles. The molecule has 0 spiro atoms. The van der Waals surface area contributed by atoms with Gasteiger partial charge in [0.2, 0.25) is 0 Å². The van der Waals surface area contributed by atoms with Crippen molar-refractivity contribution in [1.29, 1.82) is 0 Å². The van der Waals surface area contributed by atoms with E-state index in [1.807, 2.05) is 24.3 Å². The molecule has 0 amide bonds. The lowest BCUT2D eigenvalue weighted by molar-refractivity contribution is -0.113. The van der Waals surface area contributed by atoms with Gasteiger partial charge in [0.15, 0.2) is 0 Å². The Morgan fingerprint density at radius 1 is 1.22 bits per heavy atom. The van der Waals surface area contributed by atoms with E-state index in [2.05, 4.69) is 46.2 Å². The van der Waals surface area contributed by atoms with Crippen LogP contribution in [-0.4, -0.2) is 49.2 Å². The minimum atomic E-state index is -0.781. The molecule has 1 saturated heterocycles. The van der Waals surface area contributed by atoms with Crippen molar-refractivity contribution < 1.29 is 14.6 Å². The lowest BCUT2D eigenvalue weighted by atomic mass is 9.81. The van der Waals surface area contributed by atoms with Crippen molar-refractivity contribution in [3.8, 4) is 0 Å². The third kappa shape index (κ3) is 6.18. The second-order valence-electron chi connectivity index (χ2n) is 8.84. The van der Waals surface area contributed by atoms with E-state index in [9.17, 15) is 9.90 Å². The van der Waals surface area contributed by atoms with Crippen LogP contribution in [0.1, 0.15) is 58.6 Å². The standard InChI is InChI=1S/C14H20O2.C9H17NO/c1-13(2,3)11-5-7-12(8-6-11)14(4,9-15)10-16;1-7-5-9(11-4)6-8(2)10(7)3/h5-9,16H,10H2,1-4H3;8-9H,1,5-6H2,2-4H3. The Hall–Kier alpha value is -1.65. The van der Waals surface area contributed by atoms with Crippen LogP contribution in [0.5, 0.6) is 0 Å². The molecule has 152 valence electrons. The third-order valence-electron chi connectivity index (χ3n) is 5.56. The van der Waals surface area contributed by atoms with Crippen molar-refractivity contribution in [2.45, 2.75) is 70.4 Å². The van der Waals surface area contributed by atoms with E-state index in [1.54, 1.807) is 14.0 Å². The predicted molar refractivity (Wildman–Crippen MR) is 112 cm³/mol. The minimum absolute atomic E-state index is 0.106. The number of carbonyl (C=O) groups is 1. The lowest BCUT2D eigenvalue weighted by Gasteiger charge is -2.37. The summed E-state index contributed by atoms with van der Waals surface area (Å²) >= 11 is 0. The zero-order valence-corrected chi connectivity index (χ0v) is 18.1. The molecule has 0 saturated carbocycles. The zero-order chi connectivity index (χ0) is 20.8. The van der Waals surface area contributed by atoms with E-state index >= 15 is 0 Å². The van der Waals surface area contributed by atoms with Crippen LogP contribution in [0.3, 0.4) is 0 Å². The number of aldehydes is 1. The SMILES string of the molecule is C=C1CC(OC)CC(C)N1C.CC(C)(C)c1ccc(C(C)(C=O)CO)cc1. The maximum atomic E-state index is 11.0. The predicted octanol–water partition coefficient (Wildman–Crippen LogP) is 4.06. The van der Waals surface area contributed by atoms with Crippen LogP contribution in [0, 0.1) is 0 Å². The maximum absolute atomic E-state index is 11.0. The third-order valence-corrected chi connectivity index (χ3v) is 5.56. The quantitative estimate of drug-likeness (QED) is 0.806. The first-order valence-corrected chi connectivity index (χ1v) is 9.60. The van der Waals surface area contributed by atoms with Crippen LogP contribution in [0.25, 0.3) is 0 Å². The fourth-order valence-corrected chi connectivity index (χ4v) is 3.07. The van der Waals surface area contributed by atoms with Gasteiger partial charge in [0.05, 0.1) is 18.1 Å². The number of nitrogens with zero attached hydrogens (tertiary/aromatic N) is 1. The highest BCUT2D eigenvalue weighted by Gasteiger charge is 2.26. The van der Waals surface area contributed by atoms with Gasteiger partial charge < -0.3 is 19.5 Å². The Morgan fingerprint density at radius 3 is 2.11 bits per heavy atom. The highest BCUT2D eigenvalue weighted by atomic mass is 16.5. The van der Waals surface area contributed by atoms with Crippen LogP contribution in [-0.2, 0) is 20.4 Å². The number of piperidine rings is 1. The molecule has 0 radical (unpaired) electrons. The monoisotopic (exact) mass is 375 g/mol. The summed E-state index contributed by atoms with van der Waals surface area (Å²) in [5.41, 5.74) is 2.60. The summed E-state index contributed by atoms with van der Waals surface area (Å²) in [6.07, 6.45) is 3.29. The fourth-order valence-electron chi connectivity index (χ4n) is 3.07. The molecule has 0 aliphatic carbocycles. The number of aliphatic hydroxyl groups excluding tert-OH is 1. The molecule has 1 aromatic rings. The normalized spacial score (nSPS) is 22.5. The number of aliphatic hydroxyl groups is 1. The Balaban J connectivity index is 0.000000289. The number of methoxy groups -OCH3 is 1. The van der Waals surface area contributed by atoms with Crippen molar-refractivity contribution in [3.63, 3.8) is 0 Å². The second-order valence-corrected chi connectivity index (χ2v) is 8.84. The summed E-state index contributed by atoms with van der Waals surface area (Å²) in [5.74, 6) is 0. The summed E-state index contributed by atoms with van der Waals surface area (Å²) in [6, 6.07) is 8.46. The molecular formula is C23H37NO3. The molecule has 0 bridgehead atoms. The molecule has 1 aliphatic heterocycles. The van der Waals surface area contributed by atoms with Gasteiger partial charge in [0, 0.05) is 32.3 Å². The Bertz CT molecular complexity index is 618. The van der Waals surface area contributed by atoms with Crippen LogP contribution < -0.4 is 0 Å². The first-order chi connectivity index (χ1) is 12.5. The molecule has 1 fully saturated rings. The molecular weight excluding hydrogens is 338 g/mol. The molecule has 27 heavy (non-hydrogen) atoms. The number of hydrogen-bond donors (Lipinski definition) is 1. The maximum Gasteiger partial charge on any atom is 0.132 e. The Labute approximate surface area is 165 Å². The molecule has 1 aliphatic rings. The van der Waals surface area contributed by atoms with E-state index in [1.165, 1.54) is 11.3 Å². The number of ether oxygens (including phenoxy) is 1. The first-order valence-electron chi connectivity index (χ1n) is 9.60. The Morgan fingerprint density at radius 2 is 1.74 bits per heavy atom. The Kier molecular flexibility index (Phi) is 8.24. The largest absolute Gasteiger partial charge is 0.395 e. The van der Waals surface area contributed by atoms with Crippen LogP contribution in [0.2, 0.25) is 0 Å². The van der Waals surface area contributed by atoms with Gasteiger partial charge in [-0.1, -0.05) is 51.6 Å². The molecule has 1 aromatic carbocycles. The number of carbonyl (C=O) groups excluding carboxylic acids is 1. The van der Waals surface area contributed by atoms with Crippen LogP contribution in [0.15, 0.2) is 36.5 Å². The summed E-state index contributed by atoms with van der Waals surface area (Å²) in [6.45, 7) is 14.2. The van der Waals surface area contributed by atoms with Crippen molar-refractivity contribution >= 4 is 6.29 Å². The average molecular weight is 376 g/mol. The number of benzene rings is 1. The van der Waals surface area contributed by atoms with Gasteiger partial charge in [-0.05, 0) is 36.8 Å². The van der Waals surface area contributed by atoms with Gasteiger partial charge in [-0.25, -0.2) is 0 Å². The highest BCUT2D eigenvalue weighted by Crippen LogP contribution is 2.26. The number of hydrogen-bond acceptors (Lipinski definition) is 4. The highest BCUT2D eigenvalue weighted by molar-refractivity contribution is 5.68. The van der Waals surface area contributed by atoms with Gasteiger partial charge in [-0.2, -0.15) is 0 Å². The van der Waals surface area contributed by atoms with Crippen molar-refractivity contribution in [2.24, 2.45) is 0 Å². The summed E-state index contributed by atoms with van der Waals surface area (Å²) in [4.78, 5) is 13.2. The molecule has 1 N–H and O–H groups in total. The summed E-state index contributed by atoms with van der Waals surface area (Å²) in [7, 11) is 3.87. The van der Waals surface area contributed by atoms with Gasteiger partial charge in [-0.15, -0.1) is 0 Å². The van der Waals surface area contributed by atoms with Crippen molar-refractivity contribution in [3.05, 3.63) is 47.7 Å². The topological polar surface area (TPSA) is 49.8 Å². The van der Waals surface area contributed by atoms with Gasteiger partial charge in [-0.3, -0.25) is 0 Å². The minimum Gasteiger partial charge on any atom is -0.395 e. The van der Waals surface area contributed by atoms with E-state index in [-0.39, 0.29) is 12.0 Å². The number of likely N-dealkylation sites (tertiary alicyclic amines) is 1. The molecule has 3 atom stereocenters. The van der Waals surface area contributed by atoms with E-state index in [0.717, 1.165) is 24.7 Å². The average Bonchev–Trinajstić information content (AvgIpc) is 2.65. The second kappa shape index (κ2) is 9.52. The van der Waals surface area contributed by atoms with Crippen molar-refractivity contribution in [2.75, 3.05) is 20.8 Å². The van der Waals surface area contributed by atoms with Gasteiger partial charge in [0.25, 0.3) is 0 Å². The lowest BCUT2D eigenvalue weighted by Crippen LogP contribution is -2.38. The zero-order valence-electron chi connectivity index (χ0n) is 18.1.